The fourth-order valence-electron chi connectivity index (χ4n) is 3.70. The molecule has 0 saturated heterocycles. The summed E-state index contributed by atoms with van der Waals surface area (Å²) in [5.41, 5.74) is -0.169. The number of aryl methyl sites for hydroxylation is 1. The Morgan fingerprint density at radius 2 is 1.85 bits per heavy atom. The lowest BCUT2D eigenvalue weighted by molar-refractivity contribution is -0.137. The van der Waals surface area contributed by atoms with Gasteiger partial charge in [0.15, 0.2) is 0 Å². The van der Waals surface area contributed by atoms with Crippen molar-refractivity contribution < 1.29 is 35.7 Å². The van der Waals surface area contributed by atoms with Crippen LogP contribution < -0.4 is 10.6 Å². The number of nitrogens with one attached hydrogen (secondary N) is 2. The van der Waals surface area contributed by atoms with E-state index in [-0.39, 0.29) is 34.6 Å². The lowest BCUT2D eigenvalue weighted by Crippen LogP contribution is -2.53. The Morgan fingerprint density at radius 1 is 1.12 bits per heavy atom. The lowest BCUT2D eigenvalue weighted by Gasteiger charge is -2.36. The minimum Gasteiger partial charge on any atom is -0.349 e. The smallest absolute Gasteiger partial charge is 0.349 e. The van der Waals surface area contributed by atoms with Crippen molar-refractivity contribution in [2.24, 2.45) is 0 Å². The molecule has 4 rings (SSSR count). The van der Waals surface area contributed by atoms with Crippen LogP contribution >= 0.6 is 0 Å². The van der Waals surface area contributed by atoms with Crippen molar-refractivity contribution in [3.8, 4) is 11.3 Å². The molecule has 1 aliphatic rings. The van der Waals surface area contributed by atoms with Crippen molar-refractivity contribution in [2.45, 2.75) is 44.2 Å². The van der Waals surface area contributed by atoms with E-state index in [1.807, 2.05) is 0 Å². The SMILES string of the molecule is Cc1noc2nc(-c3cccc(C(F)(F)F)c3)cc(C(=O)NC3CC(NCC(F)(F)F)C3)c12. The van der Waals surface area contributed by atoms with E-state index >= 15 is 0 Å². The van der Waals surface area contributed by atoms with Crippen LogP contribution in [0.5, 0.6) is 0 Å². The highest BCUT2D eigenvalue weighted by molar-refractivity contribution is 6.07. The number of fused-ring (bicyclic) bond motifs is 1. The molecular weight excluding hydrogens is 454 g/mol. The number of pyridine rings is 1. The van der Waals surface area contributed by atoms with Gasteiger partial charge >= 0.3 is 12.4 Å². The molecule has 2 N–H and O–H groups in total. The maximum absolute atomic E-state index is 13.1. The number of aromatic nitrogens is 2. The molecule has 2 heterocycles. The van der Waals surface area contributed by atoms with Crippen LogP contribution in [0, 0.1) is 6.92 Å². The van der Waals surface area contributed by atoms with Gasteiger partial charge in [-0.3, -0.25) is 4.79 Å². The van der Waals surface area contributed by atoms with Crippen LogP contribution in [0.3, 0.4) is 0 Å². The fourth-order valence-corrected chi connectivity index (χ4v) is 3.70. The second-order valence-corrected chi connectivity index (χ2v) is 7.92. The average Bonchev–Trinajstić information content (AvgIpc) is 3.08. The number of hydrogen-bond donors (Lipinski definition) is 2. The molecule has 0 spiro atoms. The summed E-state index contributed by atoms with van der Waals surface area (Å²) in [6.45, 7) is 0.484. The molecule has 0 radical (unpaired) electrons. The van der Waals surface area contributed by atoms with Crippen LogP contribution in [0.1, 0.15) is 34.5 Å². The summed E-state index contributed by atoms with van der Waals surface area (Å²) in [6.07, 6.45) is -8.23. The molecule has 6 nitrogen and oxygen atoms in total. The quantitative estimate of drug-likeness (QED) is 0.530. The highest BCUT2D eigenvalue weighted by Crippen LogP contribution is 2.33. The third-order valence-corrected chi connectivity index (χ3v) is 5.41. The number of halogens is 6. The van der Waals surface area contributed by atoms with E-state index in [0.29, 0.717) is 23.9 Å². The van der Waals surface area contributed by atoms with Crippen molar-refractivity contribution in [1.82, 2.24) is 20.8 Å². The van der Waals surface area contributed by atoms with E-state index in [0.717, 1.165) is 12.1 Å². The van der Waals surface area contributed by atoms with Gasteiger partial charge in [-0.15, -0.1) is 0 Å². The molecule has 3 aromatic rings. The second-order valence-electron chi connectivity index (χ2n) is 7.92. The molecular formula is C21H18F6N4O2. The molecule has 1 saturated carbocycles. The van der Waals surface area contributed by atoms with E-state index in [9.17, 15) is 31.1 Å². The first-order valence-corrected chi connectivity index (χ1v) is 9.96. The Kier molecular flexibility index (Phi) is 5.81. The molecule has 176 valence electrons. The Labute approximate surface area is 183 Å². The van der Waals surface area contributed by atoms with Gasteiger partial charge in [-0.2, -0.15) is 26.3 Å². The van der Waals surface area contributed by atoms with Crippen LogP contribution in [0.15, 0.2) is 34.9 Å². The number of carbonyl (C=O) groups excluding carboxylic acids is 1. The predicted molar refractivity (Wildman–Crippen MR) is 105 cm³/mol. The van der Waals surface area contributed by atoms with Crippen molar-refractivity contribution >= 4 is 17.0 Å². The minimum absolute atomic E-state index is 0.00843. The molecule has 12 heteroatoms. The molecule has 1 amide bonds. The Bertz CT molecular complexity index is 1180. The highest BCUT2D eigenvalue weighted by atomic mass is 19.4. The van der Waals surface area contributed by atoms with Crippen molar-refractivity contribution in [3.05, 3.63) is 47.2 Å². The summed E-state index contributed by atoms with van der Waals surface area (Å²) in [5.74, 6) is -0.541. The van der Waals surface area contributed by atoms with Gasteiger partial charge in [0.1, 0.15) is 0 Å². The summed E-state index contributed by atoms with van der Waals surface area (Å²) in [5, 5.41) is 9.23. The summed E-state index contributed by atoms with van der Waals surface area (Å²) >= 11 is 0. The van der Waals surface area contributed by atoms with Crippen molar-refractivity contribution in [3.63, 3.8) is 0 Å². The maximum Gasteiger partial charge on any atom is 0.416 e. The number of hydrogen-bond acceptors (Lipinski definition) is 5. The second kappa shape index (κ2) is 8.32. The molecule has 2 aromatic heterocycles. The number of benzene rings is 1. The Hall–Kier alpha value is -3.15. The summed E-state index contributed by atoms with van der Waals surface area (Å²) < 4.78 is 81.4. The summed E-state index contributed by atoms with van der Waals surface area (Å²) in [7, 11) is 0. The zero-order valence-electron chi connectivity index (χ0n) is 17.1. The highest BCUT2D eigenvalue weighted by Gasteiger charge is 2.35. The van der Waals surface area contributed by atoms with Gasteiger partial charge in [0.05, 0.1) is 34.4 Å². The van der Waals surface area contributed by atoms with Crippen LogP contribution in [-0.4, -0.2) is 40.9 Å². The Morgan fingerprint density at radius 3 is 2.52 bits per heavy atom. The minimum atomic E-state index is -4.55. The summed E-state index contributed by atoms with van der Waals surface area (Å²) in [4.78, 5) is 17.2. The molecule has 0 atom stereocenters. The van der Waals surface area contributed by atoms with E-state index in [2.05, 4.69) is 20.8 Å². The van der Waals surface area contributed by atoms with Gasteiger partial charge in [-0.05, 0) is 38.0 Å². The van der Waals surface area contributed by atoms with Gasteiger partial charge < -0.3 is 15.2 Å². The summed E-state index contributed by atoms with van der Waals surface area (Å²) in [6, 6.07) is 5.15. The van der Waals surface area contributed by atoms with E-state index in [1.165, 1.54) is 18.2 Å². The molecule has 1 fully saturated rings. The van der Waals surface area contributed by atoms with Crippen LogP contribution in [-0.2, 0) is 6.18 Å². The molecule has 0 aliphatic heterocycles. The first-order chi connectivity index (χ1) is 15.4. The average molecular weight is 472 g/mol. The van der Waals surface area contributed by atoms with E-state index in [1.54, 1.807) is 6.92 Å². The van der Waals surface area contributed by atoms with Gasteiger partial charge in [-0.25, -0.2) is 4.98 Å². The maximum atomic E-state index is 13.1. The standard InChI is InChI=1S/C21H18F6N4O2/c1-10-17-15(18(32)29-14-6-13(7-14)28-9-20(22,23)24)8-16(30-19(17)33-31-10)11-3-2-4-12(5-11)21(25,26)27/h2-5,8,13-14,28H,6-7,9H2,1H3,(H,29,32). The lowest BCUT2D eigenvalue weighted by atomic mass is 9.86. The van der Waals surface area contributed by atoms with E-state index in [4.69, 9.17) is 4.52 Å². The van der Waals surface area contributed by atoms with Crippen LogP contribution in [0.25, 0.3) is 22.4 Å². The van der Waals surface area contributed by atoms with Crippen molar-refractivity contribution in [2.75, 3.05) is 6.54 Å². The van der Waals surface area contributed by atoms with Crippen LogP contribution in [0.4, 0.5) is 26.3 Å². The zero-order chi connectivity index (χ0) is 24.0. The molecule has 1 aromatic carbocycles. The third kappa shape index (κ3) is 5.10. The first kappa shape index (κ1) is 23.0. The van der Waals surface area contributed by atoms with Gasteiger partial charge in [0.2, 0.25) is 0 Å². The number of amides is 1. The van der Waals surface area contributed by atoms with Crippen molar-refractivity contribution in [1.29, 1.82) is 0 Å². The number of nitrogens with zero attached hydrogens (tertiary/aromatic N) is 2. The third-order valence-electron chi connectivity index (χ3n) is 5.41. The molecule has 0 unspecified atom stereocenters. The fraction of sp³-hybridized carbons (Fsp3) is 0.381. The zero-order valence-corrected chi connectivity index (χ0v) is 17.1. The van der Waals surface area contributed by atoms with Gasteiger partial charge in [0, 0.05) is 17.6 Å². The molecule has 33 heavy (non-hydrogen) atoms. The van der Waals surface area contributed by atoms with Gasteiger partial charge in [0.25, 0.3) is 11.6 Å². The van der Waals surface area contributed by atoms with E-state index < -0.39 is 30.4 Å². The number of rotatable bonds is 5. The number of alkyl halides is 6. The van der Waals surface area contributed by atoms with Crippen LogP contribution in [0.2, 0.25) is 0 Å². The topological polar surface area (TPSA) is 80.0 Å². The van der Waals surface area contributed by atoms with Gasteiger partial charge in [-0.1, -0.05) is 17.3 Å². The normalized spacial score (nSPS) is 18.9. The molecule has 0 bridgehead atoms. The largest absolute Gasteiger partial charge is 0.416 e. The monoisotopic (exact) mass is 472 g/mol. The predicted octanol–water partition coefficient (Wildman–Crippen LogP) is 4.63. The Balaban J connectivity index is 1.57. The first-order valence-electron chi connectivity index (χ1n) is 9.96. The number of carbonyl (C=O) groups is 1. The molecule has 1 aliphatic carbocycles.